The second-order valence-electron chi connectivity index (χ2n) is 6.57. The van der Waals surface area contributed by atoms with Gasteiger partial charge >= 0.3 is 5.91 Å². The second-order valence-corrected chi connectivity index (χ2v) is 7.73. The zero-order valence-electron chi connectivity index (χ0n) is 13.6. The van der Waals surface area contributed by atoms with Crippen LogP contribution in [-0.4, -0.2) is 29.0 Å². The monoisotopic (exact) mass is 335 g/mol. The Kier molecular flexibility index (Phi) is 4.50. The summed E-state index contributed by atoms with van der Waals surface area (Å²) in [7, 11) is 0. The number of carbonyl (C=O) groups is 1. The first-order valence-electron chi connectivity index (χ1n) is 7.73. The molecule has 1 aliphatic rings. The molecule has 2 aromatic rings. The molecule has 1 N–H and O–H groups in total. The van der Waals surface area contributed by atoms with Crippen molar-refractivity contribution in [1.29, 1.82) is 0 Å². The highest BCUT2D eigenvalue weighted by molar-refractivity contribution is 7.11. The van der Waals surface area contributed by atoms with Crippen LogP contribution in [0.15, 0.2) is 10.6 Å². The van der Waals surface area contributed by atoms with Gasteiger partial charge in [0.25, 0.3) is 5.89 Å². The molecule has 3 heterocycles. The van der Waals surface area contributed by atoms with Crippen LogP contribution in [0.3, 0.4) is 0 Å². The van der Waals surface area contributed by atoms with E-state index in [0.29, 0.717) is 25.3 Å². The van der Waals surface area contributed by atoms with Crippen LogP contribution < -0.4 is 5.32 Å². The lowest BCUT2D eigenvalue weighted by Gasteiger charge is -2.12. The Labute approximate surface area is 139 Å². The number of hydrogen-bond donors (Lipinski definition) is 1. The molecule has 124 valence electrons. The Morgan fingerprint density at radius 2 is 2.26 bits per heavy atom. The van der Waals surface area contributed by atoms with Crippen molar-refractivity contribution < 1.29 is 13.9 Å². The first-order chi connectivity index (χ1) is 10.9. The van der Waals surface area contributed by atoms with Gasteiger partial charge in [0, 0.05) is 24.8 Å². The minimum Gasteiger partial charge on any atom is -0.437 e. The molecule has 0 aliphatic carbocycles. The van der Waals surface area contributed by atoms with E-state index in [2.05, 4.69) is 15.3 Å². The predicted octanol–water partition coefficient (Wildman–Crippen LogP) is 2.47. The smallest absolute Gasteiger partial charge is 0.307 e. The number of oxazole rings is 1. The highest BCUT2D eigenvalue weighted by atomic mass is 32.1. The number of thiazole rings is 1. The average molecular weight is 335 g/mol. The van der Waals surface area contributed by atoms with Crippen molar-refractivity contribution in [1.82, 2.24) is 15.3 Å². The van der Waals surface area contributed by atoms with E-state index in [1.165, 1.54) is 4.88 Å². The van der Waals surface area contributed by atoms with Crippen molar-refractivity contribution in [2.24, 2.45) is 0 Å². The van der Waals surface area contributed by atoms with Gasteiger partial charge in [0.05, 0.1) is 35.0 Å². The Morgan fingerprint density at radius 1 is 1.43 bits per heavy atom. The van der Waals surface area contributed by atoms with E-state index in [4.69, 9.17) is 9.15 Å². The molecule has 6 nitrogen and oxygen atoms in total. The normalized spacial score (nSPS) is 14.6. The minimum absolute atomic E-state index is 0.113. The van der Waals surface area contributed by atoms with Crippen LogP contribution in [-0.2, 0) is 29.6 Å². The van der Waals surface area contributed by atoms with Crippen molar-refractivity contribution in [3.63, 3.8) is 0 Å². The minimum atomic E-state index is -0.287. The quantitative estimate of drug-likeness (QED) is 0.929. The molecule has 1 aliphatic heterocycles. The van der Waals surface area contributed by atoms with Crippen LogP contribution in [0.25, 0.3) is 0 Å². The van der Waals surface area contributed by atoms with E-state index >= 15 is 0 Å². The summed E-state index contributed by atoms with van der Waals surface area (Å²) >= 11 is 1.66. The summed E-state index contributed by atoms with van der Waals surface area (Å²) in [5.74, 6) is 0.530. The standard InChI is InChI=1S/C16H21N3O3S/c1-16(2,3)12-8-18-15(22-12)14(20)17-6-4-13-19-10-5-7-21-9-11(10)23-13/h8H,4-7,9H2,1-3H3,(H,17,20). The number of nitrogens with zero attached hydrogens (tertiary/aromatic N) is 2. The van der Waals surface area contributed by atoms with Crippen molar-refractivity contribution >= 4 is 17.2 Å². The van der Waals surface area contributed by atoms with Gasteiger partial charge in [-0.2, -0.15) is 0 Å². The molecule has 2 aromatic heterocycles. The molecule has 0 spiro atoms. The zero-order valence-corrected chi connectivity index (χ0v) is 14.5. The van der Waals surface area contributed by atoms with Crippen molar-refractivity contribution in [3.8, 4) is 0 Å². The van der Waals surface area contributed by atoms with Gasteiger partial charge in [-0.1, -0.05) is 20.8 Å². The van der Waals surface area contributed by atoms with Crippen LogP contribution in [0.1, 0.15) is 52.8 Å². The van der Waals surface area contributed by atoms with Gasteiger partial charge in [-0.25, -0.2) is 9.97 Å². The number of carbonyl (C=O) groups excluding carboxylic acids is 1. The zero-order chi connectivity index (χ0) is 16.4. The van der Waals surface area contributed by atoms with Crippen LogP contribution in [0.2, 0.25) is 0 Å². The SMILES string of the molecule is CC(C)(C)c1cnc(C(=O)NCCc2nc3c(s2)COCC3)o1. The Hall–Kier alpha value is -1.73. The van der Waals surface area contributed by atoms with Crippen LogP contribution in [0.5, 0.6) is 0 Å². The van der Waals surface area contributed by atoms with E-state index in [1.54, 1.807) is 17.5 Å². The third-order valence-corrected chi connectivity index (χ3v) is 4.73. The molecule has 0 bridgehead atoms. The molecule has 23 heavy (non-hydrogen) atoms. The molecular formula is C16H21N3O3S. The van der Waals surface area contributed by atoms with Gasteiger partial charge in [0.15, 0.2) is 0 Å². The number of hydrogen-bond acceptors (Lipinski definition) is 6. The summed E-state index contributed by atoms with van der Waals surface area (Å²) in [6.45, 7) is 7.97. The van der Waals surface area contributed by atoms with Crippen molar-refractivity contribution in [3.05, 3.63) is 33.4 Å². The Bertz CT molecular complexity index is 676. The Balaban J connectivity index is 1.53. The first kappa shape index (κ1) is 16.1. The van der Waals surface area contributed by atoms with Gasteiger partial charge in [0.1, 0.15) is 5.76 Å². The average Bonchev–Trinajstić information content (AvgIpc) is 3.13. The van der Waals surface area contributed by atoms with Gasteiger partial charge in [0.2, 0.25) is 0 Å². The molecule has 0 unspecified atom stereocenters. The molecule has 0 atom stereocenters. The lowest BCUT2D eigenvalue weighted by molar-refractivity contribution is 0.0916. The van der Waals surface area contributed by atoms with E-state index in [1.807, 2.05) is 20.8 Å². The van der Waals surface area contributed by atoms with Gasteiger partial charge in [-0.3, -0.25) is 4.79 Å². The second kappa shape index (κ2) is 6.41. The largest absolute Gasteiger partial charge is 0.437 e. The maximum atomic E-state index is 12.1. The van der Waals surface area contributed by atoms with E-state index in [-0.39, 0.29) is 17.2 Å². The summed E-state index contributed by atoms with van der Waals surface area (Å²) < 4.78 is 10.9. The molecular weight excluding hydrogens is 314 g/mol. The number of fused-ring (bicyclic) bond motifs is 1. The van der Waals surface area contributed by atoms with E-state index in [9.17, 15) is 4.79 Å². The molecule has 3 rings (SSSR count). The topological polar surface area (TPSA) is 77.2 Å². The maximum absolute atomic E-state index is 12.1. The van der Waals surface area contributed by atoms with Crippen LogP contribution in [0, 0.1) is 0 Å². The molecule has 0 aromatic carbocycles. The van der Waals surface area contributed by atoms with Gasteiger partial charge < -0.3 is 14.5 Å². The van der Waals surface area contributed by atoms with Crippen LogP contribution in [0.4, 0.5) is 0 Å². The molecule has 0 radical (unpaired) electrons. The fourth-order valence-corrected chi connectivity index (χ4v) is 3.32. The summed E-state index contributed by atoms with van der Waals surface area (Å²) in [5, 5.41) is 3.86. The molecule has 0 fully saturated rings. The fourth-order valence-electron chi connectivity index (χ4n) is 2.27. The van der Waals surface area contributed by atoms with Crippen molar-refractivity contribution in [2.75, 3.05) is 13.2 Å². The summed E-state index contributed by atoms with van der Waals surface area (Å²) in [6, 6.07) is 0. The number of ether oxygens (including phenoxy) is 1. The van der Waals surface area contributed by atoms with Crippen LogP contribution >= 0.6 is 11.3 Å². The summed E-state index contributed by atoms with van der Waals surface area (Å²) in [5.41, 5.74) is 0.984. The highest BCUT2D eigenvalue weighted by Crippen LogP contribution is 2.24. The van der Waals surface area contributed by atoms with Gasteiger partial charge in [-0.05, 0) is 0 Å². The maximum Gasteiger partial charge on any atom is 0.307 e. The molecule has 1 amide bonds. The Morgan fingerprint density at radius 3 is 2.96 bits per heavy atom. The third kappa shape index (κ3) is 3.79. The summed E-state index contributed by atoms with van der Waals surface area (Å²) in [4.78, 5) is 21.9. The van der Waals surface area contributed by atoms with E-state index in [0.717, 1.165) is 23.7 Å². The first-order valence-corrected chi connectivity index (χ1v) is 8.55. The molecule has 0 saturated carbocycles. The number of rotatable bonds is 4. The number of amides is 1. The molecule has 0 saturated heterocycles. The number of aromatic nitrogens is 2. The van der Waals surface area contributed by atoms with E-state index < -0.39 is 0 Å². The van der Waals surface area contributed by atoms with Gasteiger partial charge in [-0.15, -0.1) is 11.3 Å². The predicted molar refractivity (Wildman–Crippen MR) is 86.7 cm³/mol. The lowest BCUT2D eigenvalue weighted by atomic mass is 9.94. The number of nitrogens with one attached hydrogen (secondary N) is 1. The summed E-state index contributed by atoms with van der Waals surface area (Å²) in [6.07, 6.45) is 3.20. The lowest BCUT2D eigenvalue weighted by Crippen LogP contribution is -2.26. The van der Waals surface area contributed by atoms with Crippen molar-refractivity contribution in [2.45, 2.75) is 45.6 Å². The third-order valence-electron chi connectivity index (χ3n) is 3.60. The highest BCUT2D eigenvalue weighted by Gasteiger charge is 2.22. The molecule has 7 heteroatoms. The fraction of sp³-hybridized carbons (Fsp3) is 0.562.